The first kappa shape index (κ1) is 9.26. The van der Waals surface area contributed by atoms with E-state index in [4.69, 9.17) is 0 Å². The minimum absolute atomic E-state index is 0.858. The molecule has 0 N–H and O–H groups in total. The Bertz CT molecular complexity index is 59.6. The van der Waals surface area contributed by atoms with E-state index in [9.17, 15) is 0 Å². The molecule has 0 aromatic carbocycles. The van der Waals surface area contributed by atoms with Crippen LogP contribution in [-0.2, 0) is 0 Å². The van der Waals surface area contributed by atoms with Gasteiger partial charge in [-0.15, -0.1) is 0 Å². The molecule has 0 aromatic heterocycles. The molecule has 0 nitrogen and oxygen atoms in total. The Morgan fingerprint density at radius 3 is 2.78 bits per heavy atom. The monoisotopic (exact) mass is 192 g/mol. The molecule has 54 valence electrons. The van der Waals surface area contributed by atoms with Crippen LogP contribution in [0.3, 0.4) is 0 Å². The summed E-state index contributed by atoms with van der Waals surface area (Å²) in [5.74, 6) is 0. The van der Waals surface area contributed by atoms with Crippen molar-refractivity contribution in [3.8, 4) is 0 Å². The molecule has 0 unspecified atom stereocenters. The van der Waals surface area contributed by atoms with Crippen LogP contribution in [0.1, 0.15) is 26.2 Å². The molecule has 9 heavy (non-hydrogen) atoms. The number of unbranched alkanes of at least 4 members (excludes halogenated alkanes) is 2. The molecule has 1 heteroatoms. The molecule has 0 spiro atoms. The van der Waals surface area contributed by atoms with Gasteiger partial charge in [-0.3, -0.25) is 0 Å². The van der Waals surface area contributed by atoms with Crippen LogP contribution >= 0.6 is 0 Å². The Morgan fingerprint density at radius 1 is 1.44 bits per heavy atom. The van der Waals surface area contributed by atoms with Gasteiger partial charge < -0.3 is 0 Å². The van der Waals surface area contributed by atoms with E-state index in [-0.39, 0.29) is 0 Å². The van der Waals surface area contributed by atoms with Crippen molar-refractivity contribution in [1.82, 2.24) is 0 Å². The number of rotatable bonds is 6. The first-order chi connectivity index (χ1) is 4.41. The van der Waals surface area contributed by atoms with Gasteiger partial charge in [0.15, 0.2) is 0 Å². The molecule has 0 saturated carbocycles. The SMILES string of the molecule is C=CC[Se]CCCCC. The van der Waals surface area contributed by atoms with E-state index >= 15 is 0 Å². The van der Waals surface area contributed by atoms with Gasteiger partial charge in [0.05, 0.1) is 0 Å². The fraction of sp³-hybridized carbons (Fsp3) is 0.750. The molecule has 0 aliphatic rings. The fourth-order valence-corrected chi connectivity index (χ4v) is 2.18. The average Bonchev–Trinajstić information content (AvgIpc) is 1.89. The average molecular weight is 191 g/mol. The molecule has 0 aliphatic carbocycles. The standard InChI is InChI=1S/C8H16Se/c1-3-5-6-8-9-7-4-2/h4H,2-3,5-8H2,1H3. The van der Waals surface area contributed by atoms with Crippen molar-refractivity contribution in [2.75, 3.05) is 0 Å². The first-order valence-corrected chi connectivity index (χ1v) is 6.02. The summed E-state index contributed by atoms with van der Waals surface area (Å²) in [6.45, 7) is 5.94. The third-order valence-corrected chi connectivity index (χ3v) is 3.33. The van der Waals surface area contributed by atoms with Gasteiger partial charge in [0.1, 0.15) is 0 Å². The van der Waals surface area contributed by atoms with Crippen molar-refractivity contribution in [1.29, 1.82) is 0 Å². The topological polar surface area (TPSA) is 0 Å². The molecule has 0 rings (SSSR count). The van der Waals surface area contributed by atoms with Crippen LogP contribution in [0, 0.1) is 0 Å². The summed E-state index contributed by atoms with van der Waals surface area (Å²) < 4.78 is 0. The van der Waals surface area contributed by atoms with Crippen molar-refractivity contribution in [2.45, 2.75) is 36.8 Å². The van der Waals surface area contributed by atoms with E-state index < -0.39 is 0 Å². The van der Waals surface area contributed by atoms with Gasteiger partial charge in [0, 0.05) is 0 Å². The molecule has 0 fully saturated rings. The van der Waals surface area contributed by atoms with Gasteiger partial charge in [0.25, 0.3) is 0 Å². The molecule has 0 bridgehead atoms. The Hall–Kier alpha value is 0.259. The molecular formula is C8H16Se. The van der Waals surface area contributed by atoms with E-state index in [1.54, 1.807) is 0 Å². The van der Waals surface area contributed by atoms with Crippen LogP contribution in [0.2, 0.25) is 10.6 Å². The van der Waals surface area contributed by atoms with Gasteiger partial charge in [0.2, 0.25) is 0 Å². The van der Waals surface area contributed by atoms with Crippen molar-refractivity contribution < 1.29 is 0 Å². The number of hydrogen-bond donors (Lipinski definition) is 0. The summed E-state index contributed by atoms with van der Waals surface area (Å²) in [4.78, 5) is 0. The molecule has 0 radical (unpaired) electrons. The van der Waals surface area contributed by atoms with Gasteiger partial charge in [-0.05, 0) is 0 Å². The van der Waals surface area contributed by atoms with Gasteiger partial charge in [-0.1, -0.05) is 0 Å². The summed E-state index contributed by atoms with van der Waals surface area (Å²) in [6, 6.07) is 0. The first-order valence-electron chi connectivity index (χ1n) is 3.60. The van der Waals surface area contributed by atoms with E-state index in [1.807, 2.05) is 6.08 Å². The van der Waals surface area contributed by atoms with Crippen molar-refractivity contribution in [3.63, 3.8) is 0 Å². The molecule has 0 atom stereocenters. The maximum atomic E-state index is 3.69. The summed E-state index contributed by atoms with van der Waals surface area (Å²) >= 11 is 0.858. The minimum atomic E-state index is 0.858. The second-order valence-electron chi connectivity index (χ2n) is 2.07. The summed E-state index contributed by atoms with van der Waals surface area (Å²) in [5.41, 5.74) is 0. The van der Waals surface area contributed by atoms with E-state index in [2.05, 4.69) is 13.5 Å². The van der Waals surface area contributed by atoms with Crippen molar-refractivity contribution in [2.24, 2.45) is 0 Å². The predicted molar refractivity (Wildman–Crippen MR) is 45.1 cm³/mol. The van der Waals surface area contributed by atoms with Crippen molar-refractivity contribution in [3.05, 3.63) is 12.7 Å². The molecule has 0 aliphatic heterocycles. The zero-order chi connectivity index (χ0) is 6.95. The second-order valence-corrected chi connectivity index (χ2v) is 4.48. The molecular weight excluding hydrogens is 175 g/mol. The third kappa shape index (κ3) is 8.26. The molecule has 0 heterocycles. The summed E-state index contributed by atoms with van der Waals surface area (Å²) in [7, 11) is 0. The Kier molecular flexibility index (Phi) is 8.50. The summed E-state index contributed by atoms with van der Waals surface area (Å²) in [5, 5.41) is 2.71. The van der Waals surface area contributed by atoms with Gasteiger partial charge >= 0.3 is 64.4 Å². The Balaban J connectivity index is 2.66. The fourth-order valence-electron chi connectivity index (χ4n) is 0.621. The zero-order valence-corrected chi connectivity index (χ0v) is 7.94. The van der Waals surface area contributed by atoms with Crippen LogP contribution in [0.15, 0.2) is 12.7 Å². The van der Waals surface area contributed by atoms with Crippen LogP contribution in [0.25, 0.3) is 0 Å². The second kappa shape index (κ2) is 8.26. The van der Waals surface area contributed by atoms with Gasteiger partial charge in [-0.25, -0.2) is 0 Å². The Morgan fingerprint density at radius 2 is 2.22 bits per heavy atom. The van der Waals surface area contributed by atoms with Crippen molar-refractivity contribution >= 4 is 15.0 Å². The third-order valence-electron chi connectivity index (χ3n) is 1.13. The molecule has 0 saturated heterocycles. The van der Waals surface area contributed by atoms with Crippen LogP contribution < -0.4 is 0 Å². The summed E-state index contributed by atoms with van der Waals surface area (Å²) in [6.07, 6.45) is 6.24. The Labute approximate surface area is 64.9 Å². The van der Waals surface area contributed by atoms with E-state index in [0.717, 1.165) is 15.0 Å². The number of hydrogen-bond acceptors (Lipinski definition) is 0. The van der Waals surface area contributed by atoms with Crippen LogP contribution in [0.5, 0.6) is 0 Å². The predicted octanol–water partition coefficient (Wildman–Crippen LogP) is 2.90. The molecule has 0 amide bonds. The van der Waals surface area contributed by atoms with Crippen LogP contribution in [0.4, 0.5) is 0 Å². The maximum absolute atomic E-state index is 3.69. The van der Waals surface area contributed by atoms with Gasteiger partial charge in [-0.2, -0.15) is 0 Å². The zero-order valence-electron chi connectivity index (χ0n) is 6.23. The number of allylic oxidation sites excluding steroid dienone is 1. The van der Waals surface area contributed by atoms with E-state index in [1.165, 1.54) is 29.9 Å². The normalized spacial score (nSPS) is 9.44. The quantitative estimate of drug-likeness (QED) is 0.344. The molecule has 0 aromatic rings. The van der Waals surface area contributed by atoms with E-state index in [0.29, 0.717) is 0 Å². The van der Waals surface area contributed by atoms with Crippen LogP contribution in [-0.4, -0.2) is 15.0 Å².